The number of aromatic nitrogens is 2. The van der Waals surface area contributed by atoms with Gasteiger partial charge in [0, 0.05) is 12.3 Å². The molecule has 1 atom stereocenters. The summed E-state index contributed by atoms with van der Waals surface area (Å²) in [7, 11) is 0. The quantitative estimate of drug-likeness (QED) is 0.764. The Hall–Kier alpha value is -3.15. The van der Waals surface area contributed by atoms with Gasteiger partial charge in [0.2, 0.25) is 5.91 Å². The highest BCUT2D eigenvalue weighted by molar-refractivity contribution is 5.83. The minimum atomic E-state index is -0.601. The van der Waals surface area contributed by atoms with E-state index in [0.717, 1.165) is 20.9 Å². The molecule has 0 saturated carbocycles. The first-order valence-electron chi connectivity index (χ1n) is 7.61. The molecule has 0 bridgehead atoms. The van der Waals surface area contributed by atoms with E-state index in [1.54, 1.807) is 0 Å². The molecule has 1 amide bonds. The predicted molar refractivity (Wildman–Crippen MR) is 91.8 cm³/mol. The molecule has 6 heteroatoms. The van der Waals surface area contributed by atoms with Crippen LogP contribution in [0.15, 0.2) is 64.3 Å². The van der Waals surface area contributed by atoms with E-state index in [1.807, 2.05) is 49.4 Å². The summed E-state index contributed by atoms with van der Waals surface area (Å²) in [4.78, 5) is 36.9. The average Bonchev–Trinajstić information content (AvgIpc) is 2.57. The van der Waals surface area contributed by atoms with Crippen molar-refractivity contribution in [2.24, 2.45) is 0 Å². The zero-order valence-corrected chi connectivity index (χ0v) is 13.2. The van der Waals surface area contributed by atoms with Crippen LogP contribution in [0.2, 0.25) is 0 Å². The highest BCUT2D eigenvalue weighted by Crippen LogP contribution is 2.20. The van der Waals surface area contributed by atoms with Crippen LogP contribution in [0.1, 0.15) is 18.5 Å². The van der Waals surface area contributed by atoms with Crippen LogP contribution >= 0.6 is 0 Å². The number of benzene rings is 2. The zero-order valence-electron chi connectivity index (χ0n) is 13.2. The molecule has 0 aliphatic rings. The number of nitrogens with one attached hydrogen (secondary N) is 2. The molecule has 2 aromatic carbocycles. The molecule has 0 fully saturated rings. The predicted octanol–water partition coefficient (Wildman–Crippen LogP) is 1.57. The molecule has 3 aromatic rings. The first-order chi connectivity index (χ1) is 11.5. The molecule has 0 aliphatic heterocycles. The van der Waals surface area contributed by atoms with Gasteiger partial charge in [0.1, 0.15) is 6.54 Å². The van der Waals surface area contributed by atoms with Crippen LogP contribution in [0.25, 0.3) is 10.8 Å². The molecule has 1 heterocycles. The molecule has 2 N–H and O–H groups in total. The number of aromatic amines is 1. The van der Waals surface area contributed by atoms with Gasteiger partial charge in [-0.25, -0.2) is 4.79 Å². The Labute approximate surface area is 137 Å². The van der Waals surface area contributed by atoms with Crippen molar-refractivity contribution in [3.05, 3.63) is 81.1 Å². The fraction of sp³-hybridized carbons (Fsp3) is 0.167. The van der Waals surface area contributed by atoms with E-state index in [4.69, 9.17) is 0 Å². The SMILES string of the molecule is CC(NC(=O)Cn1ccc(=O)[nH]c1=O)c1ccc2ccccc2c1. The lowest BCUT2D eigenvalue weighted by molar-refractivity contribution is -0.122. The van der Waals surface area contributed by atoms with Crippen LogP contribution in [0.4, 0.5) is 0 Å². The van der Waals surface area contributed by atoms with Gasteiger partial charge < -0.3 is 5.32 Å². The Morgan fingerprint density at radius 2 is 1.88 bits per heavy atom. The van der Waals surface area contributed by atoms with Crippen molar-refractivity contribution in [2.75, 3.05) is 0 Å². The van der Waals surface area contributed by atoms with Crippen molar-refractivity contribution in [3.63, 3.8) is 0 Å². The van der Waals surface area contributed by atoms with Gasteiger partial charge in [-0.3, -0.25) is 19.1 Å². The Morgan fingerprint density at radius 1 is 1.12 bits per heavy atom. The number of carbonyl (C=O) groups is 1. The fourth-order valence-electron chi connectivity index (χ4n) is 2.57. The van der Waals surface area contributed by atoms with Gasteiger partial charge in [0.15, 0.2) is 0 Å². The second kappa shape index (κ2) is 6.54. The monoisotopic (exact) mass is 323 g/mol. The summed E-state index contributed by atoms with van der Waals surface area (Å²) in [5.74, 6) is -0.301. The topological polar surface area (TPSA) is 84.0 Å². The summed E-state index contributed by atoms with van der Waals surface area (Å²) >= 11 is 0. The Bertz CT molecular complexity index is 1000. The van der Waals surface area contributed by atoms with E-state index >= 15 is 0 Å². The van der Waals surface area contributed by atoms with E-state index in [-0.39, 0.29) is 18.5 Å². The standard InChI is InChI=1S/C18H17N3O3/c1-12(14-7-6-13-4-2-3-5-15(13)10-14)19-17(23)11-21-9-8-16(22)20-18(21)24/h2-10,12H,11H2,1H3,(H,19,23)(H,20,22,24). The molecule has 0 spiro atoms. The minimum Gasteiger partial charge on any atom is -0.348 e. The number of fused-ring (bicyclic) bond motifs is 1. The molecule has 24 heavy (non-hydrogen) atoms. The second-order valence-corrected chi connectivity index (χ2v) is 5.63. The van der Waals surface area contributed by atoms with Crippen LogP contribution in [-0.2, 0) is 11.3 Å². The molecule has 6 nitrogen and oxygen atoms in total. The highest BCUT2D eigenvalue weighted by Gasteiger charge is 2.11. The van der Waals surface area contributed by atoms with Crippen molar-refractivity contribution in [3.8, 4) is 0 Å². The number of hydrogen-bond donors (Lipinski definition) is 2. The number of carbonyl (C=O) groups excluding carboxylic acids is 1. The van der Waals surface area contributed by atoms with Crippen molar-refractivity contribution in [1.29, 1.82) is 0 Å². The van der Waals surface area contributed by atoms with Crippen molar-refractivity contribution in [2.45, 2.75) is 19.5 Å². The fourth-order valence-corrected chi connectivity index (χ4v) is 2.57. The lowest BCUT2D eigenvalue weighted by atomic mass is 10.0. The van der Waals surface area contributed by atoms with Gasteiger partial charge in [-0.1, -0.05) is 36.4 Å². The molecule has 0 radical (unpaired) electrons. The summed E-state index contributed by atoms with van der Waals surface area (Å²) in [6.07, 6.45) is 1.31. The summed E-state index contributed by atoms with van der Waals surface area (Å²) < 4.78 is 1.16. The van der Waals surface area contributed by atoms with Gasteiger partial charge in [0.25, 0.3) is 5.56 Å². The summed E-state index contributed by atoms with van der Waals surface area (Å²) in [6.45, 7) is 1.74. The molecule has 0 saturated heterocycles. The summed E-state index contributed by atoms with van der Waals surface area (Å²) in [6, 6.07) is 15.0. The van der Waals surface area contributed by atoms with Crippen molar-refractivity contribution < 1.29 is 4.79 Å². The molecule has 1 unspecified atom stereocenters. The van der Waals surface area contributed by atoms with E-state index < -0.39 is 11.2 Å². The van der Waals surface area contributed by atoms with Crippen LogP contribution in [-0.4, -0.2) is 15.5 Å². The molecular weight excluding hydrogens is 306 g/mol. The van der Waals surface area contributed by atoms with Crippen molar-refractivity contribution in [1.82, 2.24) is 14.9 Å². The lowest BCUT2D eigenvalue weighted by Crippen LogP contribution is -2.36. The average molecular weight is 323 g/mol. The third-order valence-electron chi connectivity index (χ3n) is 3.86. The second-order valence-electron chi connectivity index (χ2n) is 5.63. The van der Waals surface area contributed by atoms with Crippen LogP contribution in [0.5, 0.6) is 0 Å². The maximum absolute atomic E-state index is 12.1. The van der Waals surface area contributed by atoms with E-state index in [2.05, 4.69) is 10.3 Å². The first-order valence-corrected chi connectivity index (χ1v) is 7.61. The number of rotatable bonds is 4. The van der Waals surface area contributed by atoms with Gasteiger partial charge in [-0.05, 0) is 29.3 Å². The van der Waals surface area contributed by atoms with Crippen molar-refractivity contribution >= 4 is 16.7 Å². The molecule has 3 rings (SSSR count). The van der Waals surface area contributed by atoms with E-state index in [1.165, 1.54) is 12.3 Å². The maximum Gasteiger partial charge on any atom is 0.328 e. The maximum atomic E-state index is 12.1. The largest absolute Gasteiger partial charge is 0.348 e. The Kier molecular flexibility index (Phi) is 4.29. The summed E-state index contributed by atoms with van der Waals surface area (Å²) in [5, 5.41) is 5.10. The smallest absolute Gasteiger partial charge is 0.328 e. The normalized spacial score (nSPS) is 12.0. The van der Waals surface area contributed by atoms with Gasteiger partial charge in [-0.2, -0.15) is 0 Å². The van der Waals surface area contributed by atoms with E-state index in [9.17, 15) is 14.4 Å². The first kappa shape index (κ1) is 15.7. The molecular formula is C18H17N3O3. The number of H-pyrrole nitrogens is 1. The number of nitrogens with zero attached hydrogens (tertiary/aromatic N) is 1. The molecule has 122 valence electrons. The number of amides is 1. The summed E-state index contributed by atoms with van der Waals surface area (Å²) in [5.41, 5.74) is -0.104. The minimum absolute atomic E-state index is 0.145. The molecule has 1 aromatic heterocycles. The third kappa shape index (κ3) is 3.43. The van der Waals surface area contributed by atoms with Crippen LogP contribution in [0, 0.1) is 0 Å². The highest BCUT2D eigenvalue weighted by atomic mass is 16.2. The number of hydrogen-bond acceptors (Lipinski definition) is 3. The van der Waals surface area contributed by atoms with Gasteiger partial charge in [-0.15, -0.1) is 0 Å². The van der Waals surface area contributed by atoms with E-state index in [0.29, 0.717) is 0 Å². The van der Waals surface area contributed by atoms with Crippen LogP contribution < -0.4 is 16.6 Å². The van der Waals surface area contributed by atoms with Gasteiger partial charge in [0.05, 0.1) is 6.04 Å². The lowest BCUT2D eigenvalue weighted by Gasteiger charge is -2.15. The Morgan fingerprint density at radius 3 is 2.62 bits per heavy atom. The Balaban J connectivity index is 1.73. The van der Waals surface area contributed by atoms with Gasteiger partial charge >= 0.3 is 5.69 Å². The van der Waals surface area contributed by atoms with Crippen LogP contribution in [0.3, 0.4) is 0 Å². The zero-order chi connectivity index (χ0) is 17.1. The molecule has 0 aliphatic carbocycles. The third-order valence-corrected chi connectivity index (χ3v) is 3.86.